The van der Waals surface area contributed by atoms with E-state index in [2.05, 4.69) is 0 Å². The molecule has 0 saturated carbocycles. The normalized spacial score (nSPS) is 48.2. The number of ether oxygens (including phenoxy) is 1. The Balaban J connectivity index is 2.76. The highest BCUT2D eigenvalue weighted by atomic mass is 19.1. The monoisotopic (exact) mass is 178 g/mol. The van der Waals surface area contributed by atoms with Crippen molar-refractivity contribution in [3.05, 3.63) is 0 Å². The van der Waals surface area contributed by atoms with Crippen LogP contribution < -0.4 is 0 Å². The summed E-state index contributed by atoms with van der Waals surface area (Å²) < 4.78 is 17.3. The predicted octanol–water partition coefficient (Wildman–Crippen LogP) is -2.60. The van der Waals surface area contributed by atoms with E-state index >= 15 is 0 Å². The van der Waals surface area contributed by atoms with Crippen molar-refractivity contribution in [3.63, 3.8) is 0 Å². The molecular weight excluding hydrogens is 166 g/mol. The number of aliphatic hydroxyl groups excluding tert-OH is 2. The second-order valence-corrected chi connectivity index (χ2v) is 3.07. The average Bonchev–Trinajstić information content (AvgIpc) is 2.30. The summed E-state index contributed by atoms with van der Waals surface area (Å²) in [6.45, 7) is -1.50. The molecule has 1 fully saturated rings. The van der Waals surface area contributed by atoms with Crippen LogP contribution in [0.2, 0.25) is 0 Å². The van der Waals surface area contributed by atoms with Crippen molar-refractivity contribution < 1.29 is 24.4 Å². The minimum Gasteiger partial charge on any atom is -0.394 e. The van der Waals surface area contributed by atoms with Gasteiger partial charge in [0.15, 0.2) is 0 Å². The third-order valence-electron chi connectivity index (χ3n) is 2.34. The van der Waals surface area contributed by atoms with Crippen LogP contribution >= 0.6 is 0 Å². The van der Waals surface area contributed by atoms with Gasteiger partial charge in [-0.05, 0) is 0 Å². The lowest BCUT2D eigenvalue weighted by atomic mass is 9.81. The highest BCUT2D eigenvalue weighted by molar-refractivity contribution is 6.12. The lowest BCUT2D eigenvalue weighted by molar-refractivity contribution is -0.0734. The zero-order chi connectivity index (χ0) is 9.35. The minimum absolute atomic E-state index is 0.423. The second kappa shape index (κ2) is 3.29. The number of hydrogen-bond acceptors (Lipinski definition) is 4. The molecule has 3 N–H and O–H groups in total. The molecule has 70 valence electrons. The summed E-state index contributed by atoms with van der Waals surface area (Å²) in [4.78, 5) is 0. The Bertz CT molecular complexity index is 170. The smallest absolute Gasteiger partial charge is 0.143 e. The van der Waals surface area contributed by atoms with E-state index in [1.54, 1.807) is 0 Å². The van der Waals surface area contributed by atoms with E-state index in [0.717, 1.165) is 0 Å². The Hall–Kier alpha value is -0.165. The maximum Gasteiger partial charge on any atom is 0.143 e. The van der Waals surface area contributed by atoms with Crippen molar-refractivity contribution in [3.8, 4) is 0 Å². The van der Waals surface area contributed by atoms with Gasteiger partial charge in [0.2, 0.25) is 0 Å². The van der Waals surface area contributed by atoms with Crippen LogP contribution in [-0.4, -0.2) is 60.3 Å². The van der Waals surface area contributed by atoms with Gasteiger partial charge in [0.25, 0.3) is 0 Å². The van der Waals surface area contributed by atoms with Gasteiger partial charge in [-0.15, -0.1) is 0 Å². The minimum atomic E-state index is -1.87. The van der Waals surface area contributed by atoms with E-state index < -0.39 is 37.1 Å². The number of aliphatic hydroxyl groups is 3. The Labute approximate surface area is 70.4 Å². The van der Waals surface area contributed by atoms with Gasteiger partial charge in [-0.25, -0.2) is 4.39 Å². The molecule has 1 rings (SSSR count). The van der Waals surface area contributed by atoms with Crippen LogP contribution in [0.5, 0.6) is 0 Å². The first-order valence-electron chi connectivity index (χ1n) is 3.79. The van der Waals surface area contributed by atoms with Gasteiger partial charge in [-0.2, -0.15) is 0 Å². The summed E-state index contributed by atoms with van der Waals surface area (Å²) in [6, 6.07) is -0.797. The zero-order valence-electron chi connectivity index (χ0n) is 6.77. The SMILES string of the molecule is B[C@@H]1O[C@H](CO)C(O)[C@]1(O)CF. The van der Waals surface area contributed by atoms with E-state index in [-0.39, 0.29) is 0 Å². The maximum absolute atomic E-state index is 12.3. The molecule has 0 aromatic heterocycles. The molecule has 1 heterocycles. The van der Waals surface area contributed by atoms with Crippen molar-refractivity contribution in [2.24, 2.45) is 0 Å². The molecule has 1 aliphatic rings. The summed E-state index contributed by atoms with van der Waals surface area (Å²) in [5, 5.41) is 27.4. The summed E-state index contributed by atoms with van der Waals surface area (Å²) in [5.41, 5.74) is -1.87. The Morgan fingerprint density at radius 1 is 1.58 bits per heavy atom. The lowest BCUT2D eigenvalue weighted by Gasteiger charge is -2.25. The van der Waals surface area contributed by atoms with Crippen molar-refractivity contribution >= 4 is 7.85 Å². The van der Waals surface area contributed by atoms with Crippen LogP contribution in [0.4, 0.5) is 4.39 Å². The summed E-state index contributed by atoms with van der Waals surface area (Å²) in [5.74, 6) is 0. The van der Waals surface area contributed by atoms with Gasteiger partial charge in [-0.3, -0.25) is 0 Å². The van der Waals surface area contributed by atoms with Gasteiger partial charge in [0.1, 0.15) is 32.3 Å². The molecule has 1 saturated heterocycles. The second-order valence-electron chi connectivity index (χ2n) is 3.07. The van der Waals surface area contributed by atoms with E-state index in [0.29, 0.717) is 0 Å². The summed E-state index contributed by atoms with van der Waals surface area (Å²) >= 11 is 0. The molecule has 1 unspecified atom stereocenters. The predicted molar refractivity (Wildman–Crippen MR) is 41.2 cm³/mol. The van der Waals surface area contributed by atoms with Gasteiger partial charge in [-0.1, -0.05) is 0 Å². The molecule has 0 spiro atoms. The van der Waals surface area contributed by atoms with Crippen LogP contribution in [0.25, 0.3) is 0 Å². The fraction of sp³-hybridized carbons (Fsp3) is 1.00. The Morgan fingerprint density at radius 3 is 2.42 bits per heavy atom. The zero-order valence-corrected chi connectivity index (χ0v) is 6.77. The van der Waals surface area contributed by atoms with E-state index in [1.165, 1.54) is 7.85 Å². The molecule has 0 aliphatic carbocycles. The number of halogens is 1. The molecular formula is C6H12BFO4. The van der Waals surface area contributed by atoms with Crippen molar-refractivity contribution in [2.45, 2.75) is 23.8 Å². The molecule has 1 aliphatic heterocycles. The fourth-order valence-corrected chi connectivity index (χ4v) is 1.35. The third kappa shape index (κ3) is 1.24. The van der Waals surface area contributed by atoms with E-state index in [1.807, 2.05) is 0 Å². The van der Waals surface area contributed by atoms with Crippen LogP contribution in [0, 0.1) is 0 Å². The molecule has 12 heavy (non-hydrogen) atoms. The molecule has 0 aromatic carbocycles. The molecule has 0 radical (unpaired) electrons. The molecule has 4 nitrogen and oxygen atoms in total. The molecule has 0 aromatic rings. The van der Waals surface area contributed by atoms with E-state index in [9.17, 15) is 14.6 Å². The standard InChI is InChI=1S/C6H12BFO4/c7-5-6(11,2-8)4(10)3(1-9)12-5/h3-5,9-11H,1-2,7H2/t3-,4?,5-,6-/m1/s1. The Morgan fingerprint density at radius 2 is 2.17 bits per heavy atom. The quantitative estimate of drug-likeness (QED) is 0.405. The average molecular weight is 178 g/mol. The topological polar surface area (TPSA) is 69.9 Å². The van der Waals surface area contributed by atoms with Gasteiger partial charge in [0.05, 0.1) is 12.6 Å². The highest BCUT2D eigenvalue weighted by Crippen LogP contribution is 2.29. The number of rotatable bonds is 2. The number of hydrogen-bond donors (Lipinski definition) is 3. The fourth-order valence-electron chi connectivity index (χ4n) is 1.35. The molecule has 0 amide bonds. The van der Waals surface area contributed by atoms with Crippen molar-refractivity contribution in [1.29, 1.82) is 0 Å². The van der Waals surface area contributed by atoms with Crippen molar-refractivity contribution in [2.75, 3.05) is 13.3 Å². The van der Waals surface area contributed by atoms with Crippen LogP contribution in [-0.2, 0) is 4.74 Å². The first-order valence-corrected chi connectivity index (χ1v) is 3.79. The first-order chi connectivity index (χ1) is 5.56. The molecule has 4 atom stereocenters. The lowest BCUT2D eigenvalue weighted by Crippen LogP contribution is -2.50. The number of alkyl halides is 1. The summed E-state index contributed by atoms with van der Waals surface area (Å²) in [7, 11) is 1.46. The van der Waals surface area contributed by atoms with Gasteiger partial charge < -0.3 is 20.1 Å². The van der Waals surface area contributed by atoms with Gasteiger partial charge >= 0.3 is 0 Å². The highest BCUT2D eigenvalue weighted by Gasteiger charge is 2.52. The van der Waals surface area contributed by atoms with Gasteiger partial charge in [0, 0.05) is 0 Å². The maximum atomic E-state index is 12.3. The summed E-state index contributed by atoms with van der Waals surface area (Å²) in [6.07, 6.45) is -2.25. The Kier molecular flexibility index (Phi) is 2.72. The van der Waals surface area contributed by atoms with Crippen LogP contribution in [0.15, 0.2) is 0 Å². The van der Waals surface area contributed by atoms with E-state index in [4.69, 9.17) is 9.84 Å². The van der Waals surface area contributed by atoms with Crippen LogP contribution in [0.1, 0.15) is 0 Å². The third-order valence-corrected chi connectivity index (χ3v) is 2.34. The van der Waals surface area contributed by atoms with Crippen molar-refractivity contribution in [1.82, 2.24) is 0 Å². The van der Waals surface area contributed by atoms with Crippen LogP contribution in [0.3, 0.4) is 0 Å². The first kappa shape index (κ1) is 9.92. The molecule has 0 bridgehead atoms. The molecule has 6 heteroatoms. The largest absolute Gasteiger partial charge is 0.394 e.